The highest BCUT2D eigenvalue weighted by atomic mass is 35.5. The van der Waals surface area contributed by atoms with Crippen LogP contribution >= 0.6 is 22.9 Å². The van der Waals surface area contributed by atoms with E-state index in [1.807, 2.05) is 25.1 Å². The third-order valence-electron chi connectivity index (χ3n) is 4.90. The maximum absolute atomic E-state index is 12.8. The maximum atomic E-state index is 12.8. The zero-order chi connectivity index (χ0) is 20.4. The summed E-state index contributed by atoms with van der Waals surface area (Å²) in [7, 11) is 0. The SMILES string of the molecule is Cc1ccc(C(=O)Nc2nc3c(s2)CCCC3C(=O)Nc2cccc(Cl)c2)cc1. The Labute approximate surface area is 178 Å². The monoisotopic (exact) mass is 425 g/mol. The highest BCUT2D eigenvalue weighted by molar-refractivity contribution is 7.16. The Morgan fingerprint density at radius 1 is 1.14 bits per heavy atom. The minimum absolute atomic E-state index is 0.102. The first-order valence-corrected chi connectivity index (χ1v) is 10.6. The number of nitrogens with zero attached hydrogens (tertiary/aromatic N) is 1. The van der Waals surface area contributed by atoms with Crippen LogP contribution < -0.4 is 10.6 Å². The van der Waals surface area contributed by atoms with Gasteiger partial charge in [-0.25, -0.2) is 4.98 Å². The quantitative estimate of drug-likeness (QED) is 0.586. The number of fused-ring (bicyclic) bond motifs is 1. The minimum atomic E-state index is -0.334. The molecule has 4 rings (SSSR count). The Kier molecular flexibility index (Phi) is 5.65. The summed E-state index contributed by atoms with van der Waals surface area (Å²) < 4.78 is 0. The van der Waals surface area contributed by atoms with Gasteiger partial charge in [-0.2, -0.15) is 0 Å². The number of carbonyl (C=O) groups is 2. The highest BCUT2D eigenvalue weighted by Gasteiger charge is 2.30. The van der Waals surface area contributed by atoms with Gasteiger partial charge in [0.25, 0.3) is 5.91 Å². The van der Waals surface area contributed by atoms with E-state index in [2.05, 4.69) is 15.6 Å². The summed E-state index contributed by atoms with van der Waals surface area (Å²) in [6, 6.07) is 14.5. The van der Waals surface area contributed by atoms with Gasteiger partial charge in [0, 0.05) is 21.2 Å². The number of benzene rings is 2. The van der Waals surface area contributed by atoms with E-state index >= 15 is 0 Å². The number of halogens is 1. The number of aromatic nitrogens is 1. The second kappa shape index (κ2) is 8.35. The maximum Gasteiger partial charge on any atom is 0.257 e. The molecule has 0 spiro atoms. The molecule has 0 bridgehead atoms. The number of hydrogen-bond acceptors (Lipinski definition) is 4. The van der Waals surface area contributed by atoms with Crippen molar-refractivity contribution in [2.45, 2.75) is 32.1 Å². The number of amides is 2. The number of hydrogen-bond donors (Lipinski definition) is 2. The predicted octanol–water partition coefficient (Wildman–Crippen LogP) is 5.42. The van der Waals surface area contributed by atoms with Crippen LogP contribution in [0.5, 0.6) is 0 Å². The average Bonchev–Trinajstić information content (AvgIpc) is 3.10. The molecular formula is C22H20ClN3O2S. The summed E-state index contributed by atoms with van der Waals surface area (Å²) in [5, 5.41) is 6.90. The summed E-state index contributed by atoms with van der Waals surface area (Å²) in [4.78, 5) is 31.0. The predicted molar refractivity (Wildman–Crippen MR) is 117 cm³/mol. The number of aryl methyl sites for hydroxylation is 2. The molecule has 1 aromatic heterocycles. The van der Waals surface area contributed by atoms with Gasteiger partial charge in [-0.1, -0.05) is 35.4 Å². The molecule has 7 heteroatoms. The van der Waals surface area contributed by atoms with Gasteiger partial charge in [0.2, 0.25) is 5.91 Å². The fourth-order valence-electron chi connectivity index (χ4n) is 3.40. The topological polar surface area (TPSA) is 71.1 Å². The molecule has 2 N–H and O–H groups in total. The molecule has 0 fully saturated rings. The van der Waals surface area contributed by atoms with Crippen molar-refractivity contribution in [3.63, 3.8) is 0 Å². The molecule has 148 valence electrons. The molecule has 2 amide bonds. The van der Waals surface area contributed by atoms with Gasteiger partial charge in [0.15, 0.2) is 5.13 Å². The minimum Gasteiger partial charge on any atom is -0.325 e. The van der Waals surface area contributed by atoms with Crippen molar-refractivity contribution in [1.82, 2.24) is 4.98 Å². The number of anilines is 2. The van der Waals surface area contributed by atoms with Crippen LogP contribution in [0.1, 0.15) is 45.3 Å². The first kappa shape index (κ1) is 19.6. The lowest BCUT2D eigenvalue weighted by Crippen LogP contribution is -2.24. The lowest BCUT2D eigenvalue weighted by atomic mass is 9.90. The van der Waals surface area contributed by atoms with Gasteiger partial charge in [-0.3, -0.25) is 14.9 Å². The Bertz CT molecular complexity index is 1060. The average molecular weight is 426 g/mol. The Morgan fingerprint density at radius 3 is 2.69 bits per heavy atom. The van der Waals surface area contributed by atoms with Crippen molar-refractivity contribution in [3.8, 4) is 0 Å². The molecular weight excluding hydrogens is 406 g/mol. The zero-order valence-corrected chi connectivity index (χ0v) is 17.4. The van der Waals surface area contributed by atoms with Gasteiger partial charge in [-0.05, 0) is 56.5 Å². The van der Waals surface area contributed by atoms with E-state index in [0.717, 1.165) is 35.4 Å². The summed E-state index contributed by atoms with van der Waals surface area (Å²) in [6.45, 7) is 1.98. The Hall–Kier alpha value is -2.70. The van der Waals surface area contributed by atoms with Gasteiger partial charge in [-0.15, -0.1) is 11.3 Å². The smallest absolute Gasteiger partial charge is 0.257 e. The van der Waals surface area contributed by atoms with Gasteiger partial charge in [0.05, 0.1) is 11.6 Å². The normalized spacial score (nSPS) is 15.4. The first-order chi connectivity index (χ1) is 14.0. The molecule has 1 atom stereocenters. The highest BCUT2D eigenvalue weighted by Crippen LogP contribution is 2.37. The van der Waals surface area contributed by atoms with Gasteiger partial charge in [0.1, 0.15) is 0 Å². The lowest BCUT2D eigenvalue weighted by Gasteiger charge is -2.20. The molecule has 1 unspecified atom stereocenters. The van der Waals surface area contributed by atoms with Crippen LogP contribution in [0.3, 0.4) is 0 Å². The van der Waals surface area contributed by atoms with E-state index in [0.29, 0.717) is 21.4 Å². The Balaban J connectivity index is 1.50. The van der Waals surface area contributed by atoms with E-state index in [1.165, 1.54) is 11.3 Å². The molecule has 0 aliphatic heterocycles. The molecule has 1 aliphatic carbocycles. The van der Waals surface area contributed by atoms with Crippen molar-refractivity contribution < 1.29 is 9.59 Å². The van der Waals surface area contributed by atoms with E-state index < -0.39 is 0 Å². The van der Waals surface area contributed by atoms with Crippen molar-refractivity contribution in [2.75, 3.05) is 10.6 Å². The van der Waals surface area contributed by atoms with Crippen molar-refractivity contribution >= 4 is 45.6 Å². The van der Waals surface area contributed by atoms with E-state index in [1.54, 1.807) is 30.3 Å². The number of rotatable bonds is 4. The summed E-state index contributed by atoms with van der Waals surface area (Å²) in [6.07, 6.45) is 2.51. The first-order valence-electron chi connectivity index (χ1n) is 9.43. The van der Waals surface area contributed by atoms with Gasteiger partial charge < -0.3 is 5.32 Å². The Morgan fingerprint density at radius 2 is 1.93 bits per heavy atom. The number of nitrogens with one attached hydrogen (secondary N) is 2. The third kappa shape index (κ3) is 4.49. The standard InChI is InChI=1S/C22H20ClN3O2S/c1-13-8-10-14(11-9-13)20(27)26-22-25-19-17(6-3-7-18(19)29-22)21(28)24-16-5-2-4-15(23)12-16/h2,4-5,8-12,17H,3,6-7H2,1H3,(H,24,28)(H,25,26,27). The lowest BCUT2D eigenvalue weighted by molar-refractivity contribution is -0.117. The molecule has 29 heavy (non-hydrogen) atoms. The van der Waals surface area contributed by atoms with E-state index in [9.17, 15) is 9.59 Å². The molecule has 1 aliphatic rings. The van der Waals surface area contributed by atoms with Crippen LogP contribution in [0.4, 0.5) is 10.8 Å². The van der Waals surface area contributed by atoms with E-state index in [-0.39, 0.29) is 17.7 Å². The molecule has 3 aromatic rings. The van der Waals surface area contributed by atoms with Crippen LogP contribution in [0.15, 0.2) is 48.5 Å². The van der Waals surface area contributed by atoms with Crippen LogP contribution in [0, 0.1) is 6.92 Å². The number of thiazole rings is 1. The van der Waals surface area contributed by atoms with Crippen molar-refractivity contribution in [2.24, 2.45) is 0 Å². The summed E-state index contributed by atoms with van der Waals surface area (Å²) in [5.74, 6) is -0.634. The van der Waals surface area contributed by atoms with Gasteiger partial charge >= 0.3 is 0 Å². The molecule has 1 heterocycles. The van der Waals surface area contributed by atoms with Crippen molar-refractivity contribution in [1.29, 1.82) is 0 Å². The molecule has 0 radical (unpaired) electrons. The van der Waals surface area contributed by atoms with E-state index in [4.69, 9.17) is 11.6 Å². The van der Waals surface area contributed by atoms with Crippen LogP contribution in [-0.2, 0) is 11.2 Å². The second-order valence-electron chi connectivity index (χ2n) is 7.09. The fourth-order valence-corrected chi connectivity index (χ4v) is 4.65. The molecule has 2 aromatic carbocycles. The van der Waals surface area contributed by atoms with Crippen LogP contribution in [0.25, 0.3) is 0 Å². The molecule has 0 saturated heterocycles. The molecule has 5 nitrogen and oxygen atoms in total. The number of carbonyl (C=O) groups excluding carboxylic acids is 2. The van der Waals surface area contributed by atoms with Crippen LogP contribution in [-0.4, -0.2) is 16.8 Å². The largest absolute Gasteiger partial charge is 0.325 e. The van der Waals surface area contributed by atoms with Crippen LogP contribution in [0.2, 0.25) is 5.02 Å². The fraction of sp³-hybridized carbons (Fsp3) is 0.227. The molecule has 0 saturated carbocycles. The van der Waals surface area contributed by atoms with Crippen molar-refractivity contribution in [3.05, 3.63) is 75.3 Å². The summed E-state index contributed by atoms with van der Waals surface area (Å²) in [5.41, 5.74) is 3.11. The third-order valence-corrected chi connectivity index (χ3v) is 6.18. The summed E-state index contributed by atoms with van der Waals surface area (Å²) >= 11 is 7.45. The second-order valence-corrected chi connectivity index (χ2v) is 8.61. The zero-order valence-electron chi connectivity index (χ0n) is 15.9.